The predicted octanol–water partition coefficient (Wildman–Crippen LogP) is 2.59. The van der Waals surface area contributed by atoms with Crippen molar-refractivity contribution in [2.24, 2.45) is 0 Å². The van der Waals surface area contributed by atoms with Gasteiger partial charge < -0.3 is 10.1 Å². The molecule has 0 aromatic heterocycles. The van der Waals surface area contributed by atoms with Gasteiger partial charge in [0.05, 0.1) is 6.10 Å². The van der Waals surface area contributed by atoms with Gasteiger partial charge in [-0.3, -0.25) is 4.90 Å². The van der Waals surface area contributed by atoms with Crippen LogP contribution in [0.15, 0.2) is 30.3 Å². The van der Waals surface area contributed by atoms with E-state index < -0.39 is 0 Å². The van der Waals surface area contributed by atoms with Crippen LogP contribution in [-0.2, 0) is 4.74 Å². The molecule has 0 bridgehead atoms. The maximum atomic E-state index is 5.91. The summed E-state index contributed by atoms with van der Waals surface area (Å²) < 4.78 is 5.91. The number of hydrogen-bond donors (Lipinski definition) is 1. The van der Waals surface area contributed by atoms with Crippen LogP contribution in [0.1, 0.15) is 37.8 Å². The minimum atomic E-state index is 0.445. The van der Waals surface area contributed by atoms with Gasteiger partial charge in [-0.05, 0) is 31.7 Å². The second kappa shape index (κ2) is 6.70. The van der Waals surface area contributed by atoms with Crippen molar-refractivity contribution in [3.8, 4) is 0 Å². The summed E-state index contributed by atoms with van der Waals surface area (Å²) in [5.41, 5.74) is 1.40. The fraction of sp³-hybridized carbons (Fsp3) is 0.647. The number of hydrogen-bond acceptors (Lipinski definition) is 3. The van der Waals surface area contributed by atoms with Crippen molar-refractivity contribution in [1.82, 2.24) is 10.2 Å². The summed E-state index contributed by atoms with van der Waals surface area (Å²) in [5.74, 6) is 0. The van der Waals surface area contributed by atoms with E-state index in [0.29, 0.717) is 18.2 Å². The Morgan fingerprint density at radius 2 is 2.10 bits per heavy atom. The highest BCUT2D eigenvalue weighted by Gasteiger charge is 2.28. The fourth-order valence-corrected chi connectivity index (χ4v) is 3.30. The Morgan fingerprint density at radius 1 is 1.25 bits per heavy atom. The first-order valence-corrected chi connectivity index (χ1v) is 7.97. The highest BCUT2D eigenvalue weighted by Crippen LogP contribution is 2.22. The molecule has 0 saturated carbocycles. The Labute approximate surface area is 122 Å². The predicted molar refractivity (Wildman–Crippen MR) is 81.8 cm³/mol. The van der Waals surface area contributed by atoms with Gasteiger partial charge in [0.2, 0.25) is 0 Å². The molecule has 0 aliphatic carbocycles. The van der Waals surface area contributed by atoms with E-state index in [4.69, 9.17) is 4.74 Å². The first-order chi connectivity index (χ1) is 9.83. The lowest BCUT2D eigenvalue weighted by Crippen LogP contribution is -2.53. The summed E-state index contributed by atoms with van der Waals surface area (Å²) in [6, 6.07) is 11.8. The van der Waals surface area contributed by atoms with Crippen molar-refractivity contribution < 1.29 is 4.74 Å². The van der Waals surface area contributed by atoms with Gasteiger partial charge >= 0.3 is 0 Å². The summed E-state index contributed by atoms with van der Waals surface area (Å²) in [6.45, 7) is 6.51. The van der Waals surface area contributed by atoms with Crippen molar-refractivity contribution in [3.05, 3.63) is 35.9 Å². The lowest BCUT2D eigenvalue weighted by atomic mass is 10.0. The van der Waals surface area contributed by atoms with E-state index in [1.54, 1.807) is 0 Å². The monoisotopic (exact) mass is 274 g/mol. The van der Waals surface area contributed by atoms with E-state index in [-0.39, 0.29) is 0 Å². The fourth-order valence-electron chi connectivity index (χ4n) is 3.30. The molecule has 2 saturated heterocycles. The van der Waals surface area contributed by atoms with E-state index in [1.165, 1.54) is 24.8 Å². The van der Waals surface area contributed by atoms with E-state index in [0.717, 1.165) is 26.2 Å². The molecule has 1 aromatic carbocycles. The minimum Gasteiger partial charge on any atom is -0.377 e. The molecular weight excluding hydrogens is 248 g/mol. The summed E-state index contributed by atoms with van der Waals surface area (Å²) in [4.78, 5) is 2.60. The van der Waals surface area contributed by atoms with Gasteiger partial charge in [-0.2, -0.15) is 0 Å². The van der Waals surface area contributed by atoms with Crippen LogP contribution >= 0.6 is 0 Å². The molecule has 20 heavy (non-hydrogen) atoms. The van der Waals surface area contributed by atoms with Crippen molar-refractivity contribution in [2.75, 3.05) is 26.2 Å². The summed E-state index contributed by atoms with van der Waals surface area (Å²) in [6.07, 6.45) is 4.24. The average molecular weight is 274 g/mol. The molecule has 0 amide bonds. The van der Waals surface area contributed by atoms with Crippen molar-refractivity contribution in [2.45, 2.75) is 44.4 Å². The van der Waals surface area contributed by atoms with Crippen LogP contribution in [0.3, 0.4) is 0 Å². The summed E-state index contributed by atoms with van der Waals surface area (Å²) in [5, 5.41) is 3.67. The molecule has 0 radical (unpaired) electrons. The Hall–Kier alpha value is -0.900. The molecule has 110 valence electrons. The summed E-state index contributed by atoms with van der Waals surface area (Å²) in [7, 11) is 0. The highest BCUT2D eigenvalue weighted by molar-refractivity contribution is 5.20. The lowest BCUT2D eigenvalue weighted by molar-refractivity contribution is -0.0194. The Balaban J connectivity index is 1.61. The van der Waals surface area contributed by atoms with Crippen molar-refractivity contribution in [3.63, 3.8) is 0 Å². The quantitative estimate of drug-likeness (QED) is 0.917. The van der Waals surface area contributed by atoms with Gasteiger partial charge in [0.15, 0.2) is 0 Å². The molecule has 0 spiro atoms. The zero-order chi connectivity index (χ0) is 13.8. The smallest absolute Gasteiger partial charge is 0.0702 e. The Kier molecular flexibility index (Phi) is 4.71. The lowest BCUT2D eigenvalue weighted by Gasteiger charge is -2.41. The van der Waals surface area contributed by atoms with Gasteiger partial charge in [-0.1, -0.05) is 30.3 Å². The molecule has 3 heteroatoms. The number of nitrogens with one attached hydrogen (secondary N) is 1. The van der Waals surface area contributed by atoms with Gasteiger partial charge in [-0.25, -0.2) is 0 Å². The average Bonchev–Trinajstić information content (AvgIpc) is 2.51. The molecule has 2 aliphatic rings. The van der Waals surface area contributed by atoms with Crippen molar-refractivity contribution >= 4 is 0 Å². The first kappa shape index (κ1) is 14.1. The third-order valence-corrected chi connectivity index (χ3v) is 4.61. The second-order valence-corrected chi connectivity index (χ2v) is 6.16. The molecule has 3 nitrogen and oxygen atoms in total. The molecule has 1 aromatic rings. The third kappa shape index (κ3) is 3.40. The maximum absolute atomic E-state index is 5.91. The van der Waals surface area contributed by atoms with Crippen LogP contribution in [-0.4, -0.2) is 43.3 Å². The van der Waals surface area contributed by atoms with Gasteiger partial charge in [0, 0.05) is 38.3 Å². The van der Waals surface area contributed by atoms with Crippen LogP contribution in [0, 0.1) is 0 Å². The minimum absolute atomic E-state index is 0.445. The Bertz CT molecular complexity index is 403. The number of nitrogens with zero attached hydrogens (tertiary/aromatic N) is 1. The molecular formula is C17H26N2O. The van der Waals surface area contributed by atoms with Crippen LogP contribution in [0.5, 0.6) is 0 Å². The molecule has 3 atom stereocenters. The van der Waals surface area contributed by atoms with Gasteiger partial charge in [-0.15, -0.1) is 0 Å². The van der Waals surface area contributed by atoms with E-state index in [2.05, 4.69) is 47.5 Å². The summed E-state index contributed by atoms with van der Waals surface area (Å²) >= 11 is 0. The van der Waals surface area contributed by atoms with E-state index >= 15 is 0 Å². The van der Waals surface area contributed by atoms with E-state index in [9.17, 15) is 0 Å². The van der Waals surface area contributed by atoms with Crippen molar-refractivity contribution in [1.29, 1.82) is 0 Å². The molecule has 2 aliphatic heterocycles. The maximum Gasteiger partial charge on any atom is 0.0702 e. The van der Waals surface area contributed by atoms with Gasteiger partial charge in [0.1, 0.15) is 0 Å². The Morgan fingerprint density at radius 3 is 2.85 bits per heavy atom. The number of ether oxygens (including phenoxy) is 1. The standard InChI is InChI=1S/C17H26N2O/c1-14-11-18-17(15-7-3-2-4-8-15)13-19(14)12-16-9-5-6-10-20-16/h2-4,7-8,14,16-18H,5-6,9-13H2,1H3. The second-order valence-electron chi connectivity index (χ2n) is 6.16. The van der Waals surface area contributed by atoms with Crippen LogP contribution in [0.4, 0.5) is 0 Å². The zero-order valence-electron chi connectivity index (χ0n) is 12.4. The first-order valence-electron chi connectivity index (χ1n) is 7.97. The van der Waals surface area contributed by atoms with Crippen LogP contribution in [0.25, 0.3) is 0 Å². The van der Waals surface area contributed by atoms with Crippen LogP contribution in [0.2, 0.25) is 0 Å². The molecule has 3 rings (SSSR count). The third-order valence-electron chi connectivity index (χ3n) is 4.61. The largest absolute Gasteiger partial charge is 0.377 e. The number of piperazine rings is 1. The zero-order valence-corrected chi connectivity index (χ0v) is 12.4. The molecule has 1 N–H and O–H groups in total. The van der Waals surface area contributed by atoms with E-state index in [1.807, 2.05) is 0 Å². The van der Waals surface area contributed by atoms with Gasteiger partial charge in [0.25, 0.3) is 0 Å². The molecule has 2 fully saturated rings. The normalized spacial score (nSPS) is 32.1. The molecule has 3 unspecified atom stereocenters. The highest BCUT2D eigenvalue weighted by atomic mass is 16.5. The topological polar surface area (TPSA) is 24.5 Å². The molecule has 2 heterocycles. The number of rotatable bonds is 3. The van der Waals surface area contributed by atoms with Crippen LogP contribution < -0.4 is 5.32 Å². The number of benzene rings is 1. The SMILES string of the molecule is CC1CNC(c2ccccc2)CN1CC1CCCCO1.